The van der Waals surface area contributed by atoms with Crippen molar-refractivity contribution in [1.29, 1.82) is 0 Å². The van der Waals surface area contributed by atoms with Gasteiger partial charge in [0.1, 0.15) is 0 Å². The molecule has 0 radical (unpaired) electrons. The molecule has 48 valence electrons. The standard InChI is InChI=1S/C4H9NO3/c1-4(7)5(8)2-3-6/h6,8H,2-3H2,1H3. The number of aliphatic hydroxyl groups excluding tert-OH is 1. The molecule has 0 unspecified atom stereocenters. The number of hydroxylamine groups is 2. The summed E-state index contributed by atoms with van der Waals surface area (Å²) in [6, 6.07) is 0. The summed E-state index contributed by atoms with van der Waals surface area (Å²) in [4.78, 5) is 10.1. The van der Waals surface area contributed by atoms with E-state index in [0.717, 1.165) is 0 Å². The Hall–Kier alpha value is -0.610. The van der Waals surface area contributed by atoms with E-state index < -0.39 is 5.91 Å². The summed E-state index contributed by atoms with van der Waals surface area (Å²) in [5.74, 6) is -0.459. The molecule has 0 aliphatic carbocycles. The van der Waals surface area contributed by atoms with Crippen LogP contribution < -0.4 is 0 Å². The number of hydrogen-bond acceptors (Lipinski definition) is 3. The maximum Gasteiger partial charge on any atom is 0.242 e. The summed E-state index contributed by atoms with van der Waals surface area (Å²) in [5.41, 5.74) is 0. The third-order valence-electron chi connectivity index (χ3n) is 0.675. The molecule has 0 rings (SSSR count). The Bertz CT molecular complexity index is 83.4. The normalized spacial score (nSPS) is 8.88. The minimum Gasteiger partial charge on any atom is -0.394 e. The Balaban J connectivity index is 3.32. The number of carbonyl (C=O) groups is 1. The first-order chi connectivity index (χ1) is 3.68. The van der Waals surface area contributed by atoms with Crippen LogP contribution in [0.3, 0.4) is 0 Å². The first kappa shape index (κ1) is 7.39. The molecule has 0 saturated carbocycles. The predicted octanol–water partition coefficient (Wildman–Crippen LogP) is -0.784. The topological polar surface area (TPSA) is 60.8 Å². The highest BCUT2D eigenvalue weighted by atomic mass is 16.5. The van der Waals surface area contributed by atoms with Crippen molar-refractivity contribution >= 4 is 5.91 Å². The van der Waals surface area contributed by atoms with Gasteiger partial charge in [-0.3, -0.25) is 10.0 Å². The van der Waals surface area contributed by atoms with Crippen molar-refractivity contribution in [2.75, 3.05) is 13.2 Å². The Kier molecular flexibility index (Phi) is 3.14. The van der Waals surface area contributed by atoms with Gasteiger partial charge in [-0.05, 0) is 0 Å². The van der Waals surface area contributed by atoms with Gasteiger partial charge in [-0.1, -0.05) is 0 Å². The van der Waals surface area contributed by atoms with Gasteiger partial charge in [-0.25, -0.2) is 5.06 Å². The van der Waals surface area contributed by atoms with Gasteiger partial charge in [0.2, 0.25) is 5.91 Å². The second kappa shape index (κ2) is 3.40. The molecule has 2 N–H and O–H groups in total. The first-order valence-electron chi connectivity index (χ1n) is 2.26. The minimum absolute atomic E-state index is 0.0185. The Labute approximate surface area is 47.3 Å². The quantitative estimate of drug-likeness (QED) is 0.370. The number of aliphatic hydroxyl groups is 1. The van der Waals surface area contributed by atoms with Crippen LogP contribution >= 0.6 is 0 Å². The molecule has 0 fully saturated rings. The van der Waals surface area contributed by atoms with Crippen LogP contribution in [0, 0.1) is 0 Å². The van der Waals surface area contributed by atoms with Crippen molar-refractivity contribution in [3.63, 3.8) is 0 Å². The Morgan fingerprint density at radius 1 is 1.75 bits per heavy atom. The zero-order chi connectivity index (χ0) is 6.57. The lowest BCUT2D eigenvalue weighted by molar-refractivity contribution is -0.164. The summed E-state index contributed by atoms with van der Waals surface area (Å²) in [6.07, 6.45) is 0. The highest BCUT2D eigenvalue weighted by Gasteiger charge is 1.99. The third-order valence-corrected chi connectivity index (χ3v) is 0.675. The van der Waals surface area contributed by atoms with Gasteiger partial charge in [0.15, 0.2) is 0 Å². The molecule has 0 saturated heterocycles. The first-order valence-corrected chi connectivity index (χ1v) is 2.26. The molecule has 0 heterocycles. The molecule has 0 aliphatic rings. The summed E-state index contributed by atoms with van der Waals surface area (Å²) >= 11 is 0. The molecular weight excluding hydrogens is 110 g/mol. The van der Waals surface area contributed by atoms with Crippen molar-refractivity contribution in [1.82, 2.24) is 5.06 Å². The molecule has 0 spiro atoms. The molecule has 0 atom stereocenters. The zero-order valence-electron chi connectivity index (χ0n) is 4.66. The van der Waals surface area contributed by atoms with E-state index in [1.807, 2.05) is 0 Å². The molecule has 8 heavy (non-hydrogen) atoms. The van der Waals surface area contributed by atoms with E-state index in [1.165, 1.54) is 6.92 Å². The van der Waals surface area contributed by atoms with Crippen LogP contribution in [0.15, 0.2) is 0 Å². The fraction of sp³-hybridized carbons (Fsp3) is 0.750. The van der Waals surface area contributed by atoms with Gasteiger partial charge < -0.3 is 5.11 Å². The lowest BCUT2D eigenvalue weighted by Gasteiger charge is -2.08. The van der Waals surface area contributed by atoms with Crippen molar-refractivity contribution in [2.24, 2.45) is 0 Å². The summed E-state index contributed by atoms with van der Waals surface area (Å²) in [6.45, 7) is 0.987. The molecule has 0 aromatic rings. The molecular formula is C4H9NO3. The van der Waals surface area contributed by atoms with E-state index in [0.29, 0.717) is 5.06 Å². The van der Waals surface area contributed by atoms with Gasteiger partial charge in [0.25, 0.3) is 0 Å². The maximum atomic E-state index is 10.1. The lowest BCUT2D eigenvalue weighted by Crippen LogP contribution is -2.27. The van der Waals surface area contributed by atoms with Crippen molar-refractivity contribution in [3.8, 4) is 0 Å². The second-order valence-electron chi connectivity index (χ2n) is 1.37. The fourth-order valence-corrected chi connectivity index (χ4v) is 0.252. The smallest absolute Gasteiger partial charge is 0.242 e. The van der Waals surface area contributed by atoms with Gasteiger partial charge >= 0.3 is 0 Å². The van der Waals surface area contributed by atoms with E-state index in [1.54, 1.807) is 0 Å². The maximum absolute atomic E-state index is 10.1. The molecule has 0 aromatic carbocycles. The molecule has 1 amide bonds. The van der Waals surface area contributed by atoms with Gasteiger partial charge in [-0.15, -0.1) is 0 Å². The predicted molar refractivity (Wildman–Crippen MR) is 26.3 cm³/mol. The van der Waals surface area contributed by atoms with Crippen molar-refractivity contribution < 1.29 is 15.1 Å². The number of rotatable bonds is 2. The third kappa shape index (κ3) is 2.54. The average molecular weight is 119 g/mol. The summed E-state index contributed by atoms with van der Waals surface area (Å²) < 4.78 is 0. The molecule has 0 aromatic heterocycles. The van der Waals surface area contributed by atoms with Crippen LogP contribution in [0.1, 0.15) is 6.92 Å². The van der Waals surface area contributed by atoms with E-state index in [9.17, 15) is 4.79 Å². The zero-order valence-corrected chi connectivity index (χ0v) is 4.66. The average Bonchev–Trinajstić information content (AvgIpc) is 1.67. The fourth-order valence-electron chi connectivity index (χ4n) is 0.252. The van der Waals surface area contributed by atoms with Crippen LogP contribution in [-0.4, -0.2) is 34.4 Å². The van der Waals surface area contributed by atoms with Gasteiger partial charge in [-0.2, -0.15) is 0 Å². The van der Waals surface area contributed by atoms with Crippen molar-refractivity contribution in [3.05, 3.63) is 0 Å². The second-order valence-corrected chi connectivity index (χ2v) is 1.37. The lowest BCUT2D eigenvalue weighted by atomic mass is 10.6. The van der Waals surface area contributed by atoms with Crippen LogP contribution in [0.5, 0.6) is 0 Å². The number of carbonyl (C=O) groups excluding carboxylic acids is 1. The van der Waals surface area contributed by atoms with Crippen molar-refractivity contribution in [2.45, 2.75) is 6.92 Å². The Morgan fingerprint density at radius 2 is 2.25 bits per heavy atom. The molecule has 0 aliphatic heterocycles. The summed E-state index contributed by atoms with van der Waals surface area (Å²) in [5, 5.41) is 17.0. The Morgan fingerprint density at radius 3 is 2.38 bits per heavy atom. The number of nitrogens with zero attached hydrogens (tertiary/aromatic N) is 1. The van der Waals surface area contributed by atoms with Crippen LogP contribution in [-0.2, 0) is 4.79 Å². The van der Waals surface area contributed by atoms with E-state index in [-0.39, 0.29) is 13.2 Å². The minimum atomic E-state index is -0.459. The highest BCUT2D eigenvalue weighted by Crippen LogP contribution is 1.78. The molecule has 4 nitrogen and oxygen atoms in total. The molecule has 0 bridgehead atoms. The monoisotopic (exact) mass is 119 g/mol. The van der Waals surface area contributed by atoms with Crippen LogP contribution in [0.25, 0.3) is 0 Å². The van der Waals surface area contributed by atoms with Crippen LogP contribution in [0.4, 0.5) is 0 Å². The largest absolute Gasteiger partial charge is 0.394 e. The number of hydrogen-bond donors (Lipinski definition) is 2. The highest BCUT2D eigenvalue weighted by molar-refractivity contribution is 5.71. The van der Waals surface area contributed by atoms with Gasteiger partial charge in [0, 0.05) is 6.92 Å². The molecule has 4 heteroatoms. The van der Waals surface area contributed by atoms with E-state index in [4.69, 9.17) is 10.3 Å². The SMILES string of the molecule is CC(=O)N(O)CCO. The number of amides is 1. The van der Waals surface area contributed by atoms with Gasteiger partial charge in [0.05, 0.1) is 13.2 Å². The summed E-state index contributed by atoms with van der Waals surface area (Å²) in [7, 11) is 0. The van der Waals surface area contributed by atoms with Crippen LogP contribution in [0.2, 0.25) is 0 Å². The van der Waals surface area contributed by atoms with E-state index in [2.05, 4.69) is 0 Å². The van der Waals surface area contributed by atoms with E-state index >= 15 is 0 Å².